The lowest BCUT2D eigenvalue weighted by Crippen LogP contribution is -2.36. The maximum absolute atomic E-state index is 12.9. The molecule has 4 nitrogen and oxygen atoms in total. The van der Waals surface area contributed by atoms with E-state index >= 15 is 0 Å². The molecular formula is C17H16BrClN2O2S2. The highest BCUT2D eigenvalue weighted by Crippen LogP contribution is 2.38. The van der Waals surface area contributed by atoms with E-state index < -0.39 is 11.7 Å². The maximum atomic E-state index is 12.9. The van der Waals surface area contributed by atoms with Crippen LogP contribution in [0.15, 0.2) is 33.4 Å². The SMILES string of the molecule is CC(C)(C)OC(=O)N(Cc1cccs1)c1cc(Cl)nc2c(Br)csc12. The van der Waals surface area contributed by atoms with Gasteiger partial charge in [0, 0.05) is 16.3 Å². The summed E-state index contributed by atoms with van der Waals surface area (Å²) in [6, 6.07) is 5.67. The van der Waals surface area contributed by atoms with Crippen molar-refractivity contribution in [3.8, 4) is 0 Å². The summed E-state index contributed by atoms with van der Waals surface area (Å²) in [5.41, 5.74) is 0.858. The van der Waals surface area contributed by atoms with Gasteiger partial charge in [-0.05, 0) is 48.1 Å². The number of carbonyl (C=O) groups is 1. The highest BCUT2D eigenvalue weighted by atomic mass is 79.9. The van der Waals surface area contributed by atoms with Crippen molar-refractivity contribution in [2.75, 3.05) is 4.90 Å². The average Bonchev–Trinajstić information content (AvgIpc) is 3.13. The molecule has 0 N–H and O–H groups in total. The van der Waals surface area contributed by atoms with Gasteiger partial charge in [-0.2, -0.15) is 0 Å². The molecule has 0 radical (unpaired) electrons. The number of hydrogen-bond donors (Lipinski definition) is 0. The van der Waals surface area contributed by atoms with Crippen LogP contribution >= 0.6 is 50.2 Å². The number of nitrogens with zero attached hydrogens (tertiary/aromatic N) is 2. The zero-order valence-corrected chi connectivity index (χ0v) is 17.9. The Kier molecular flexibility index (Phi) is 5.39. The maximum Gasteiger partial charge on any atom is 0.415 e. The minimum Gasteiger partial charge on any atom is -0.443 e. The summed E-state index contributed by atoms with van der Waals surface area (Å²) in [4.78, 5) is 19.9. The predicted molar refractivity (Wildman–Crippen MR) is 109 cm³/mol. The summed E-state index contributed by atoms with van der Waals surface area (Å²) in [7, 11) is 0. The lowest BCUT2D eigenvalue weighted by Gasteiger charge is -2.27. The molecule has 0 fully saturated rings. The number of aromatic nitrogens is 1. The summed E-state index contributed by atoms with van der Waals surface area (Å²) < 4.78 is 7.37. The Morgan fingerprint density at radius 2 is 2.16 bits per heavy atom. The Labute approximate surface area is 167 Å². The molecule has 0 aliphatic rings. The quantitative estimate of drug-likeness (QED) is 0.408. The zero-order chi connectivity index (χ0) is 18.2. The second kappa shape index (κ2) is 7.23. The minimum absolute atomic E-state index is 0.335. The third-order valence-electron chi connectivity index (χ3n) is 3.23. The van der Waals surface area contributed by atoms with Crippen molar-refractivity contribution in [1.82, 2.24) is 4.98 Å². The van der Waals surface area contributed by atoms with Gasteiger partial charge in [0.05, 0.1) is 26.9 Å². The Bertz CT molecular complexity index is 903. The lowest BCUT2D eigenvalue weighted by molar-refractivity contribution is 0.0578. The number of fused-ring (bicyclic) bond motifs is 1. The van der Waals surface area contributed by atoms with Crippen molar-refractivity contribution in [2.45, 2.75) is 32.9 Å². The van der Waals surface area contributed by atoms with E-state index in [2.05, 4.69) is 20.9 Å². The molecule has 25 heavy (non-hydrogen) atoms. The van der Waals surface area contributed by atoms with Crippen LogP contribution in [0.4, 0.5) is 10.5 Å². The Balaban J connectivity index is 2.09. The van der Waals surface area contributed by atoms with E-state index in [9.17, 15) is 4.79 Å². The van der Waals surface area contributed by atoms with Crippen molar-refractivity contribution >= 4 is 72.2 Å². The van der Waals surface area contributed by atoms with Crippen LogP contribution in [0.5, 0.6) is 0 Å². The lowest BCUT2D eigenvalue weighted by atomic mass is 10.2. The molecule has 0 unspecified atom stereocenters. The van der Waals surface area contributed by atoms with Gasteiger partial charge >= 0.3 is 6.09 Å². The molecule has 1 amide bonds. The number of ether oxygens (including phenoxy) is 1. The molecule has 0 aliphatic carbocycles. The second-order valence-electron chi connectivity index (χ2n) is 6.37. The molecule has 0 saturated carbocycles. The van der Waals surface area contributed by atoms with Gasteiger partial charge in [0.15, 0.2) is 0 Å². The second-order valence-corrected chi connectivity index (χ2v) is 9.52. The van der Waals surface area contributed by atoms with Crippen LogP contribution in [-0.4, -0.2) is 16.7 Å². The van der Waals surface area contributed by atoms with E-state index in [1.54, 1.807) is 22.3 Å². The standard InChI is InChI=1S/C17H16BrClN2O2S2/c1-17(2,3)23-16(22)21(8-10-5-4-6-24-10)12-7-13(19)20-14-11(18)9-25-15(12)14/h4-7,9H,8H2,1-3H3. The van der Waals surface area contributed by atoms with Crippen LogP contribution in [0.2, 0.25) is 5.15 Å². The smallest absolute Gasteiger partial charge is 0.415 e. The molecule has 3 rings (SSSR count). The molecule has 0 aliphatic heterocycles. The summed E-state index contributed by atoms with van der Waals surface area (Å²) in [5, 5.41) is 4.26. The van der Waals surface area contributed by atoms with Gasteiger partial charge in [0.25, 0.3) is 0 Å². The largest absolute Gasteiger partial charge is 0.443 e. The molecule has 0 atom stereocenters. The Morgan fingerprint density at radius 3 is 2.80 bits per heavy atom. The van der Waals surface area contributed by atoms with Crippen LogP contribution in [-0.2, 0) is 11.3 Å². The summed E-state index contributed by atoms with van der Waals surface area (Å²) in [6.07, 6.45) is -0.408. The topological polar surface area (TPSA) is 42.4 Å². The number of anilines is 1. The number of carbonyl (C=O) groups excluding carboxylic acids is 1. The summed E-state index contributed by atoms with van der Waals surface area (Å²) in [5.74, 6) is 0. The molecule has 3 aromatic rings. The van der Waals surface area contributed by atoms with Crippen molar-refractivity contribution in [1.29, 1.82) is 0 Å². The van der Waals surface area contributed by atoms with Gasteiger partial charge < -0.3 is 4.74 Å². The van der Waals surface area contributed by atoms with Gasteiger partial charge in [-0.3, -0.25) is 4.90 Å². The van der Waals surface area contributed by atoms with Gasteiger partial charge in [-0.1, -0.05) is 17.7 Å². The first-order valence-corrected chi connectivity index (χ1v) is 10.4. The number of rotatable bonds is 3. The molecule has 3 heterocycles. The van der Waals surface area contributed by atoms with Gasteiger partial charge in [-0.15, -0.1) is 22.7 Å². The van der Waals surface area contributed by atoms with Crippen LogP contribution < -0.4 is 4.90 Å². The first kappa shape index (κ1) is 18.6. The number of halogens is 2. The molecule has 132 valence electrons. The molecule has 0 saturated heterocycles. The van der Waals surface area contributed by atoms with Crippen LogP contribution in [0.3, 0.4) is 0 Å². The van der Waals surface area contributed by atoms with Crippen LogP contribution in [0, 0.1) is 0 Å². The summed E-state index contributed by atoms with van der Waals surface area (Å²) >= 11 is 12.8. The number of amides is 1. The normalized spacial score (nSPS) is 11.7. The van der Waals surface area contributed by atoms with E-state index in [0.717, 1.165) is 19.6 Å². The average molecular weight is 460 g/mol. The third-order valence-corrected chi connectivity index (χ3v) is 6.18. The fourth-order valence-corrected chi connectivity index (χ4v) is 4.73. The van der Waals surface area contributed by atoms with Gasteiger partial charge in [0.1, 0.15) is 10.8 Å². The number of pyridine rings is 1. The minimum atomic E-state index is -0.587. The molecule has 0 bridgehead atoms. The van der Waals surface area contributed by atoms with Crippen molar-refractivity contribution < 1.29 is 9.53 Å². The fourth-order valence-electron chi connectivity index (χ4n) is 2.26. The predicted octanol–water partition coefficient (Wildman–Crippen LogP) is 6.72. The van der Waals surface area contributed by atoms with E-state index in [0.29, 0.717) is 17.4 Å². The number of thiophene rings is 2. The monoisotopic (exact) mass is 458 g/mol. The first-order chi connectivity index (χ1) is 11.7. The highest BCUT2D eigenvalue weighted by molar-refractivity contribution is 9.10. The van der Waals surface area contributed by atoms with Gasteiger partial charge in [0.2, 0.25) is 0 Å². The van der Waals surface area contributed by atoms with E-state index in [4.69, 9.17) is 16.3 Å². The van der Waals surface area contributed by atoms with E-state index in [1.165, 1.54) is 11.3 Å². The third kappa shape index (κ3) is 4.34. The van der Waals surface area contributed by atoms with Gasteiger partial charge in [-0.25, -0.2) is 9.78 Å². The highest BCUT2D eigenvalue weighted by Gasteiger charge is 2.26. The molecule has 3 aromatic heterocycles. The molecule has 8 heteroatoms. The zero-order valence-electron chi connectivity index (χ0n) is 13.9. The Hall–Kier alpha value is -1.15. The van der Waals surface area contributed by atoms with Crippen molar-refractivity contribution in [3.05, 3.63) is 43.5 Å². The van der Waals surface area contributed by atoms with Crippen LogP contribution in [0.25, 0.3) is 10.2 Å². The molecular weight excluding hydrogens is 444 g/mol. The van der Waals surface area contributed by atoms with Crippen molar-refractivity contribution in [3.63, 3.8) is 0 Å². The fraction of sp³-hybridized carbons (Fsp3) is 0.294. The van der Waals surface area contributed by atoms with Crippen molar-refractivity contribution in [2.24, 2.45) is 0 Å². The Morgan fingerprint density at radius 1 is 1.40 bits per heavy atom. The summed E-state index contributed by atoms with van der Waals surface area (Å²) in [6.45, 7) is 5.97. The number of hydrogen-bond acceptors (Lipinski definition) is 5. The first-order valence-electron chi connectivity index (χ1n) is 7.51. The molecule has 0 aromatic carbocycles. The van der Waals surface area contributed by atoms with E-state index in [-0.39, 0.29) is 0 Å². The van der Waals surface area contributed by atoms with Crippen LogP contribution in [0.1, 0.15) is 25.6 Å². The van der Waals surface area contributed by atoms with E-state index in [1.807, 2.05) is 43.7 Å². The molecule has 0 spiro atoms.